The molecule has 0 spiro atoms. The SMILES string of the molecule is CCOC(=O)Cn1c(=NC(=O)[C@H]2COc3ccccc3O2)sc2cccc(F)c21. The Hall–Kier alpha value is -3.20. The van der Waals surface area contributed by atoms with Gasteiger partial charge in [0, 0.05) is 0 Å². The lowest BCUT2D eigenvalue weighted by Gasteiger charge is -2.23. The van der Waals surface area contributed by atoms with Crippen molar-refractivity contribution in [2.45, 2.75) is 19.6 Å². The molecule has 0 saturated carbocycles. The Bertz CT molecular complexity index is 1150. The van der Waals surface area contributed by atoms with Crippen LogP contribution in [-0.2, 0) is 20.9 Å². The number of carbonyl (C=O) groups is 2. The minimum Gasteiger partial charge on any atom is -0.485 e. The maximum Gasteiger partial charge on any atom is 0.326 e. The van der Waals surface area contributed by atoms with Crippen molar-refractivity contribution >= 4 is 33.4 Å². The van der Waals surface area contributed by atoms with Gasteiger partial charge in [-0.1, -0.05) is 29.5 Å². The van der Waals surface area contributed by atoms with Crippen molar-refractivity contribution in [2.75, 3.05) is 13.2 Å². The van der Waals surface area contributed by atoms with Crippen molar-refractivity contribution in [3.63, 3.8) is 0 Å². The van der Waals surface area contributed by atoms with Gasteiger partial charge in [-0.05, 0) is 31.2 Å². The molecule has 0 bridgehead atoms. The van der Waals surface area contributed by atoms with E-state index < -0.39 is 23.8 Å². The molecular formula is C20H17FN2O5S. The molecule has 1 aliphatic heterocycles. The third-order valence-electron chi connectivity index (χ3n) is 4.23. The summed E-state index contributed by atoms with van der Waals surface area (Å²) in [4.78, 5) is 29.0. The number of para-hydroxylation sites is 3. The van der Waals surface area contributed by atoms with Crippen molar-refractivity contribution in [1.82, 2.24) is 4.57 Å². The molecule has 1 atom stereocenters. The summed E-state index contributed by atoms with van der Waals surface area (Å²) in [7, 11) is 0. The van der Waals surface area contributed by atoms with E-state index in [4.69, 9.17) is 14.2 Å². The molecule has 29 heavy (non-hydrogen) atoms. The number of aromatic nitrogens is 1. The highest BCUT2D eigenvalue weighted by Gasteiger charge is 2.27. The first kappa shape index (κ1) is 19.1. The molecule has 150 valence electrons. The molecule has 4 rings (SSSR count). The van der Waals surface area contributed by atoms with Crippen LogP contribution in [0, 0.1) is 5.82 Å². The van der Waals surface area contributed by atoms with Crippen LogP contribution >= 0.6 is 11.3 Å². The summed E-state index contributed by atoms with van der Waals surface area (Å²) in [6, 6.07) is 11.6. The molecule has 9 heteroatoms. The fraction of sp³-hybridized carbons (Fsp3) is 0.250. The lowest BCUT2D eigenvalue weighted by molar-refractivity contribution is -0.143. The van der Waals surface area contributed by atoms with Gasteiger partial charge in [0.1, 0.15) is 19.0 Å². The molecule has 1 amide bonds. The zero-order valence-corrected chi connectivity index (χ0v) is 16.3. The highest BCUT2D eigenvalue weighted by atomic mass is 32.1. The maximum atomic E-state index is 14.4. The summed E-state index contributed by atoms with van der Waals surface area (Å²) in [5, 5.41) is 0. The molecule has 0 N–H and O–H groups in total. The Morgan fingerprint density at radius 1 is 1.24 bits per heavy atom. The summed E-state index contributed by atoms with van der Waals surface area (Å²) in [6.45, 7) is 1.63. The number of hydrogen-bond acceptors (Lipinski definition) is 6. The Morgan fingerprint density at radius 3 is 2.83 bits per heavy atom. The average molecular weight is 416 g/mol. The average Bonchev–Trinajstić information content (AvgIpc) is 3.06. The number of carbonyl (C=O) groups excluding carboxylic acids is 2. The highest BCUT2D eigenvalue weighted by Crippen LogP contribution is 2.31. The molecule has 1 aliphatic rings. The number of ether oxygens (including phenoxy) is 3. The monoisotopic (exact) mass is 416 g/mol. The van der Waals surface area contributed by atoms with Crippen molar-refractivity contribution in [3.05, 3.63) is 53.1 Å². The van der Waals surface area contributed by atoms with Crippen LogP contribution in [0.4, 0.5) is 4.39 Å². The van der Waals surface area contributed by atoms with Crippen LogP contribution in [-0.4, -0.2) is 35.8 Å². The number of esters is 1. The van der Waals surface area contributed by atoms with E-state index in [9.17, 15) is 14.0 Å². The highest BCUT2D eigenvalue weighted by molar-refractivity contribution is 7.16. The van der Waals surface area contributed by atoms with Gasteiger partial charge in [0.2, 0.25) is 6.10 Å². The summed E-state index contributed by atoms with van der Waals surface area (Å²) in [6.07, 6.45) is -0.934. The van der Waals surface area contributed by atoms with E-state index in [0.717, 1.165) is 11.3 Å². The Balaban J connectivity index is 1.71. The first-order valence-corrected chi connectivity index (χ1v) is 9.79. The fourth-order valence-electron chi connectivity index (χ4n) is 2.96. The van der Waals surface area contributed by atoms with E-state index >= 15 is 0 Å². The molecule has 0 aliphatic carbocycles. The van der Waals surface area contributed by atoms with Gasteiger partial charge in [-0.15, -0.1) is 0 Å². The Labute approximate surface area is 169 Å². The molecule has 0 saturated heterocycles. The molecule has 2 aromatic carbocycles. The number of rotatable bonds is 4. The van der Waals surface area contributed by atoms with Gasteiger partial charge in [-0.25, -0.2) is 4.39 Å². The van der Waals surface area contributed by atoms with Crippen molar-refractivity contribution < 1.29 is 28.2 Å². The zero-order valence-electron chi connectivity index (χ0n) is 15.5. The normalized spacial score (nSPS) is 16.1. The van der Waals surface area contributed by atoms with E-state index in [1.54, 1.807) is 43.3 Å². The van der Waals surface area contributed by atoms with E-state index in [1.807, 2.05) is 0 Å². The predicted molar refractivity (Wildman–Crippen MR) is 103 cm³/mol. The number of benzene rings is 2. The fourth-order valence-corrected chi connectivity index (χ4v) is 4.01. The predicted octanol–water partition coefficient (Wildman–Crippen LogP) is 2.67. The lowest BCUT2D eigenvalue weighted by Crippen LogP contribution is -2.37. The molecule has 0 unspecified atom stereocenters. The summed E-state index contributed by atoms with van der Waals surface area (Å²) in [5.41, 5.74) is 0.197. The minimum absolute atomic E-state index is 0.0104. The van der Waals surface area contributed by atoms with Crippen molar-refractivity contribution in [2.24, 2.45) is 4.99 Å². The van der Waals surface area contributed by atoms with Gasteiger partial charge < -0.3 is 18.8 Å². The van der Waals surface area contributed by atoms with Crippen LogP contribution in [0.1, 0.15) is 6.92 Å². The van der Waals surface area contributed by atoms with E-state index in [2.05, 4.69) is 4.99 Å². The molecule has 0 fully saturated rings. The number of hydrogen-bond donors (Lipinski definition) is 0. The van der Waals surface area contributed by atoms with Gasteiger partial charge in [0.15, 0.2) is 16.3 Å². The summed E-state index contributed by atoms with van der Waals surface area (Å²) in [5.74, 6) is -0.630. The zero-order chi connectivity index (χ0) is 20.4. The molecule has 1 aromatic heterocycles. The third-order valence-corrected chi connectivity index (χ3v) is 5.28. The number of halogens is 1. The van der Waals surface area contributed by atoms with Crippen LogP contribution in [0.25, 0.3) is 10.2 Å². The number of amides is 1. The second-order valence-corrected chi connectivity index (χ2v) is 7.19. The molecule has 2 heterocycles. The van der Waals surface area contributed by atoms with E-state index in [0.29, 0.717) is 16.2 Å². The largest absolute Gasteiger partial charge is 0.485 e. The quantitative estimate of drug-likeness (QED) is 0.611. The maximum absolute atomic E-state index is 14.4. The Morgan fingerprint density at radius 2 is 2.03 bits per heavy atom. The Kier molecular flexibility index (Phi) is 5.30. The van der Waals surface area contributed by atoms with E-state index in [1.165, 1.54) is 10.6 Å². The topological polar surface area (TPSA) is 79.1 Å². The van der Waals surface area contributed by atoms with Crippen LogP contribution in [0.15, 0.2) is 47.5 Å². The van der Waals surface area contributed by atoms with Gasteiger partial charge in [0.05, 0.1) is 16.8 Å². The molecule has 0 radical (unpaired) electrons. The van der Waals surface area contributed by atoms with Crippen LogP contribution in [0.2, 0.25) is 0 Å². The summed E-state index contributed by atoms with van der Waals surface area (Å²) >= 11 is 1.11. The summed E-state index contributed by atoms with van der Waals surface area (Å²) < 4.78 is 32.5. The van der Waals surface area contributed by atoms with Gasteiger partial charge in [0.25, 0.3) is 5.91 Å². The van der Waals surface area contributed by atoms with Crippen molar-refractivity contribution in [3.8, 4) is 11.5 Å². The van der Waals surface area contributed by atoms with Crippen LogP contribution in [0.5, 0.6) is 11.5 Å². The van der Waals surface area contributed by atoms with Crippen LogP contribution < -0.4 is 14.3 Å². The van der Waals surface area contributed by atoms with Gasteiger partial charge in [-0.2, -0.15) is 4.99 Å². The van der Waals surface area contributed by atoms with Crippen LogP contribution in [0.3, 0.4) is 0 Å². The molecule has 3 aromatic rings. The second kappa shape index (κ2) is 8.04. The van der Waals surface area contributed by atoms with Gasteiger partial charge >= 0.3 is 5.97 Å². The number of fused-ring (bicyclic) bond motifs is 2. The molecule has 7 nitrogen and oxygen atoms in total. The number of thiazole rings is 1. The standard InChI is InChI=1S/C20H17FN2O5S/c1-2-26-17(24)10-23-18-12(21)6-5-9-16(18)29-20(23)22-19(25)15-11-27-13-7-3-4-8-14(13)28-15/h3-9,15H,2,10-11H2,1H3/t15-/m1/s1. The molecular weight excluding hydrogens is 399 g/mol. The smallest absolute Gasteiger partial charge is 0.326 e. The first-order chi connectivity index (χ1) is 14.1. The van der Waals surface area contributed by atoms with Crippen molar-refractivity contribution in [1.29, 1.82) is 0 Å². The minimum atomic E-state index is -0.934. The van der Waals surface area contributed by atoms with Gasteiger partial charge in [-0.3, -0.25) is 9.59 Å². The first-order valence-electron chi connectivity index (χ1n) is 8.97. The van der Waals surface area contributed by atoms with E-state index in [-0.39, 0.29) is 30.1 Å². The second-order valence-electron chi connectivity index (χ2n) is 6.18. The lowest BCUT2D eigenvalue weighted by atomic mass is 10.2. The number of nitrogens with zero attached hydrogens (tertiary/aromatic N) is 2. The third kappa shape index (κ3) is 3.86.